The summed E-state index contributed by atoms with van der Waals surface area (Å²) in [5.41, 5.74) is 0.387. The summed E-state index contributed by atoms with van der Waals surface area (Å²) in [6.07, 6.45) is 0. The molecule has 2 rings (SSSR count). The van der Waals surface area contributed by atoms with Gasteiger partial charge in [-0.15, -0.1) is 0 Å². The van der Waals surface area contributed by atoms with Gasteiger partial charge in [-0.3, -0.25) is 4.79 Å². The normalized spacial score (nSPS) is 23.2. The van der Waals surface area contributed by atoms with Crippen LogP contribution >= 0.6 is 0 Å². The Labute approximate surface area is 85.7 Å². The predicted molar refractivity (Wildman–Crippen MR) is 49.8 cm³/mol. The molecule has 5 heteroatoms. The highest BCUT2D eigenvalue weighted by Crippen LogP contribution is 2.34. The number of carbonyl (C=O) groups is 2. The number of hydrogen-bond acceptors (Lipinski definition) is 4. The number of hydrogen-bond donors (Lipinski definition) is 2. The van der Waals surface area contributed by atoms with Crippen LogP contribution in [-0.4, -0.2) is 24.0 Å². The molecular formula is C10H9NO4. The number of amides is 1. The van der Waals surface area contributed by atoms with Crippen molar-refractivity contribution in [2.45, 2.75) is 5.79 Å². The third kappa shape index (κ3) is 1.20. The van der Waals surface area contributed by atoms with Gasteiger partial charge in [-0.2, -0.15) is 0 Å². The Morgan fingerprint density at radius 1 is 1.47 bits per heavy atom. The number of carbonyl (C=O) groups excluding carboxylic acids is 2. The Kier molecular flexibility index (Phi) is 1.97. The first kappa shape index (κ1) is 9.67. The quantitative estimate of drug-likeness (QED) is 0.622. The number of benzene rings is 1. The maximum atomic E-state index is 11.4. The van der Waals surface area contributed by atoms with Crippen molar-refractivity contribution in [1.29, 1.82) is 0 Å². The number of aliphatic hydroxyl groups is 1. The minimum absolute atomic E-state index is 0.175. The van der Waals surface area contributed by atoms with E-state index in [1.54, 1.807) is 12.1 Å². The van der Waals surface area contributed by atoms with Crippen LogP contribution in [0.4, 0.5) is 0 Å². The summed E-state index contributed by atoms with van der Waals surface area (Å²) in [5, 5.41) is 12.2. The van der Waals surface area contributed by atoms with E-state index in [-0.39, 0.29) is 11.1 Å². The summed E-state index contributed by atoms with van der Waals surface area (Å²) in [5.74, 6) is -3.65. The molecule has 1 unspecified atom stereocenters. The van der Waals surface area contributed by atoms with Crippen molar-refractivity contribution in [2.75, 3.05) is 7.05 Å². The zero-order valence-corrected chi connectivity index (χ0v) is 7.98. The molecule has 0 aliphatic carbocycles. The lowest BCUT2D eigenvalue weighted by Gasteiger charge is -2.19. The van der Waals surface area contributed by atoms with Gasteiger partial charge in [0.2, 0.25) is 0 Å². The van der Waals surface area contributed by atoms with E-state index in [1.807, 2.05) is 0 Å². The first-order valence-corrected chi connectivity index (χ1v) is 4.37. The molecule has 0 aromatic heterocycles. The van der Waals surface area contributed by atoms with Gasteiger partial charge in [0.25, 0.3) is 5.91 Å². The van der Waals surface area contributed by atoms with Gasteiger partial charge in [-0.05, 0) is 6.07 Å². The Morgan fingerprint density at radius 2 is 2.13 bits per heavy atom. The van der Waals surface area contributed by atoms with E-state index in [4.69, 9.17) is 0 Å². The van der Waals surface area contributed by atoms with Crippen molar-refractivity contribution in [3.63, 3.8) is 0 Å². The summed E-state index contributed by atoms with van der Waals surface area (Å²) in [4.78, 5) is 22.7. The van der Waals surface area contributed by atoms with Gasteiger partial charge in [0.15, 0.2) is 0 Å². The van der Waals surface area contributed by atoms with E-state index < -0.39 is 17.7 Å². The molecule has 15 heavy (non-hydrogen) atoms. The molecule has 0 spiro atoms. The molecule has 0 saturated heterocycles. The van der Waals surface area contributed by atoms with Crippen molar-refractivity contribution in [3.8, 4) is 0 Å². The molecule has 0 radical (unpaired) electrons. The molecule has 1 heterocycles. The molecule has 0 fully saturated rings. The van der Waals surface area contributed by atoms with Gasteiger partial charge >= 0.3 is 11.8 Å². The molecule has 0 bridgehead atoms. The van der Waals surface area contributed by atoms with Crippen LogP contribution in [0.3, 0.4) is 0 Å². The largest absolute Gasteiger partial charge is 0.415 e. The molecule has 78 valence electrons. The molecular weight excluding hydrogens is 198 g/mol. The third-order valence-electron chi connectivity index (χ3n) is 2.29. The first-order valence-electron chi connectivity index (χ1n) is 4.37. The number of likely N-dealkylation sites (N-methyl/N-ethyl adjacent to an activating group) is 1. The second-order valence-corrected chi connectivity index (χ2v) is 3.16. The van der Waals surface area contributed by atoms with E-state index in [0.29, 0.717) is 0 Å². The molecule has 1 atom stereocenters. The van der Waals surface area contributed by atoms with Crippen LogP contribution < -0.4 is 5.32 Å². The maximum absolute atomic E-state index is 11.4. The molecule has 1 amide bonds. The van der Waals surface area contributed by atoms with Gasteiger partial charge in [-0.1, -0.05) is 18.2 Å². The average Bonchev–Trinajstić information content (AvgIpc) is 2.52. The molecule has 1 aromatic carbocycles. The fraction of sp³-hybridized carbons (Fsp3) is 0.200. The lowest BCUT2D eigenvalue weighted by atomic mass is 10.0. The zero-order valence-electron chi connectivity index (χ0n) is 7.98. The Bertz CT molecular complexity index is 443. The second kappa shape index (κ2) is 3.06. The van der Waals surface area contributed by atoms with Gasteiger partial charge in [-0.25, -0.2) is 4.79 Å². The van der Waals surface area contributed by atoms with Gasteiger partial charge < -0.3 is 15.2 Å². The van der Waals surface area contributed by atoms with E-state index in [2.05, 4.69) is 10.1 Å². The van der Waals surface area contributed by atoms with E-state index >= 15 is 0 Å². The topological polar surface area (TPSA) is 75.6 Å². The van der Waals surface area contributed by atoms with Crippen LogP contribution in [0, 0.1) is 0 Å². The van der Waals surface area contributed by atoms with Crippen LogP contribution in [0.25, 0.3) is 0 Å². The Morgan fingerprint density at radius 3 is 2.80 bits per heavy atom. The van der Waals surface area contributed by atoms with Crippen molar-refractivity contribution in [1.82, 2.24) is 5.32 Å². The number of esters is 1. The summed E-state index contributed by atoms with van der Waals surface area (Å²) < 4.78 is 4.68. The van der Waals surface area contributed by atoms with E-state index in [9.17, 15) is 14.7 Å². The molecule has 1 aliphatic heterocycles. The minimum atomic E-state index is -2.19. The first-order chi connectivity index (χ1) is 7.09. The number of nitrogens with one attached hydrogen (secondary N) is 1. The van der Waals surface area contributed by atoms with E-state index in [1.165, 1.54) is 19.2 Å². The van der Waals surface area contributed by atoms with Crippen LogP contribution in [0.15, 0.2) is 24.3 Å². The van der Waals surface area contributed by atoms with E-state index in [0.717, 1.165) is 0 Å². The molecule has 1 aromatic rings. The van der Waals surface area contributed by atoms with Gasteiger partial charge in [0.05, 0.1) is 5.56 Å². The molecule has 2 N–H and O–H groups in total. The van der Waals surface area contributed by atoms with Crippen molar-refractivity contribution >= 4 is 11.9 Å². The number of fused-ring (bicyclic) bond motifs is 1. The highest BCUT2D eigenvalue weighted by atomic mass is 16.7. The minimum Gasteiger partial charge on any atom is -0.415 e. The van der Waals surface area contributed by atoms with Crippen LogP contribution in [-0.2, 0) is 15.3 Å². The molecule has 1 aliphatic rings. The summed E-state index contributed by atoms with van der Waals surface area (Å²) >= 11 is 0. The lowest BCUT2D eigenvalue weighted by molar-refractivity contribution is -0.185. The smallest absolute Gasteiger partial charge is 0.341 e. The fourth-order valence-electron chi connectivity index (χ4n) is 1.54. The van der Waals surface area contributed by atoms with Crippen molar-refractivity contribution in [3.05, 3.63) is 35.4 Å². The van der Waals surface area contributed by atoms with Crippen LogP contribution in [0.2, 0.25) is 0 Å². The second-order valence-electron chi connectivity index (χ2n) is 3.16. The summed E-state index contributed by atoms with van der Waals surface area (Å²) in [6, 6.07) is 6.23. The SMILES string of the molecule is CNC(=O)C1(O)OC(=O)c2ccccc21. The zero-order chi connectivity index (χ0) is 11.1. The monoisotopic (exact) mass is 207 g/mol. The standard InChI is InChI=1S/C10H9NO4/c1-11-9(13)10(14)7-5-3-2-4-6(7)8(12)15-10/h2-5,14H,1H3,(H,11,13). The lowest BCUT2D eigenvalue weighted by Crippen LogP contribution is -2.43. The highest BCUT2D eigenvalue weighted by Gasteiger charge is 2.49. The maximum Gasteiger partial charge on any atom is 0.341 e. The molecule has 5 nitrogen and oxygen atoms in total. The number of cyclic esters (lactones) is 1. The van der Waals surface area contributed by atoms with Gasteiger partial charge in [0.1, 0.15) is 0 Å². The summed E-state index contributed by atoms with van der Waals surface area (Å²) in [6.45, 7) is 0. The van der Waals surface area contributed by atoms with Crippen LogP contribution in [0.1, 0.15) is 15.9 Å². The fourth-order valence-corrected chi connectivity index (χ4v) is 1.54. The third-order valence-corrected chi connectivity index (χ3v) is 2.29. The van der Waals surface area contributed by atoms with Gasteiger partial charge in [0, 0.05) is 12.6 Å². The number of ether oxygens (including phenoxy) is 1. The van der Waals surface area contributed by atoms with Crippen molar-refractivity contribution in [2.24, 2.45) is 0 Å². The number of rotatable bonds is 1. The average molecular weight is 207 g/mol. The molecule has 0 saturated carbocycles. The Hall–Kier alpha value is -1.88. The summed E-state index contributed by atoms with van der Waals surface area (Å²) in [7, 11) is 1.36. The Balaban J connectivity index is 2.57. The van der Waals surface area contributed by atoms with Crippen molar-refractivity contribution < 1.29 is 19.4 Å². The van der Waals surface area contributed by atoms with Crippen LogP contribution in [0.5, 0.6) is 0 Å². The predicted octanol–water partition coefficient (Wildman–Crippen LogP) is -0.252. The highest BCUT2D eigenvalue weighted by molar-refractivity contribution is 6.01.